The standard InChI is InChI=1S/C18H22BrNS/c1-13(15-9-4-5-10-16(15)19)20-18(14-7-2-3-8-14)17-11-6-12-21-17/h4-6,9-14,18,20H,2-3,7-8H2,1H3/t13-,18?/m1/s1. The van der Waals surface area contributed by atoms with E-state index in [1.54, 1.807) is 0 Å². The van der Waals surface area contributed by atoms with Gasteiger partial charge in [0.15, 0.2) is 0 Å². The maximum absolute atomic E-state index is 3.90. The highest BCUT2D eigenvalue weighted by molar-refractivity contribution is 9.10. The van der Waals surface area contributed by atoms with Gasteiger partial charge in [-0.15, -0.1) is 11.3 Å². The zero-order valence-corrected chi connectivity index (χ0v) is 14.8. The molecule has 1 fully saturated rings. The fourth-order valence-corrected chi connectivity index (χ4v) is 4.90. The van der Waals surface area contributed by atoms with Gasteiger partial charge in [0, 0.05) is 21.4 Å². The van der Waals surface area contributed by atoms with E-state index in [2.05, 4.69) is 69.9 Å². The van der Waals surface area contributed by atoms with Crippen molar-refractivity contribution in [3.05, 3.63) is 56.7 Å². The van der Waals surface area contributed by atoms with Crippen LogP contribution in [-0.4, -0.2) is 0 Å². The Hall–Kier alpha value is -0.640. The predicted octanol–water partition coefficient (Wildman–Crippen LogP) is 6.09. The van der Waals surface area contributed by atoms with Gasteiger partial charge >= 0.3 is 0 Å². The van der Waals surface area contributed by atoms with Crippen molar-refractivity contribution < 1.29 is 0 Å². The van der Waals surface area contributed by atoms with Gasteiger partial charge in [0.1, 0.15) is 0 Å². The SMILES string of the molecule is C[C@@H](NC(c1cccs1)C1CCCC1)c1ccccc1Br. The first kappa shape index (κ1) is 15.3. The minimum atomic E-state index is 0.355. The van der Waals surface area contributed by atoms with E-state index in [1.807, 2.05) is 11.3 Å². The van der Waals surface area contributed by atoms with Crippen LogP contribution in [0, 0.1) is 5.92 Å². The Morgan fingerprint density at radius 1 is 1.14 bits per heavy atom. The molecule has 0 saturated heterocycles. The van der Waals surface area contributed by atoms with Crippen LogP contribution in [0.3, 0.4) is 0 Å². The Morgan fingerprint density at radius 3 is 2.57 bits per heavy atom. The molecule has 2 aromatic rings. The third kappa shape index (κ3) is 3.58. The van der Waals surface area contributed by atoms with Crippen molar-refractivity contribution in [2.75, 3.05) is 0 Å². The fourth-order valence-electron chi connectivity index (χ4n) is 3.39. The lowest BCUT2D eigenvalue weighted by molar-refractivity contribution is 0.342. The predicted molar refractivity (Wildman–Crippen MR) is 94.7 cm³/mol. The molecule has 21 heavy (non-hydrogen) atoms. The summed E-state index contributed by atoms with van der Waals surface area (Å²) in [6.07, 6.45) is 5.49. The van der Waals surface area contributed by atoms with E-state index in [0.29, 0.717) is 12.1 Å². The Bertz CT molecular complexity index is 560. The monoisotopic (exact) mass is 363 g/mol. The van der Waals surface area contributed by atoms with E-state index >= 15 is 0 Å². The van der Waals surface area contributed by atoms with E-state index in [0.717, 1.165) is 5.92 Å². The molecule has 1 aromatic heterocycles. The molecule has 1 heterocycles. The average Bonchev–Trinajstić information content (AvgIpc) is 3.18. The highest BCUT2D eigenvalue weighted by Crippen LogP contribution is 2.39. The number of halogens is 1. The molecule has 0 radical (unpaired) electrons. The summed E-state index contributed by atoms with van der Waals surface area (Å²) in [5, 5.41) is 6.10. The molecule has 0 spiro atoms. The Morgan fingerprint density at radius 2 is 1.90 bits per heavy atom. The Balaban J connectivity index is 1.79. The van der Waals surface area contributed by atoms with Crippen LogP contribution in [-0.2, 0) is 0 Å². The van der Waals surface area contributed by atoms with Crippen molar-refractivity contribution >= 4 is 27.3 Å². The summed E-state index contributed by atoms with van der Waals surface area (Å²) in [4.78, 5) is 1.49. The van der Waals surface area contributed by atoms with Crippen molar-refractivity contribution in [1.29, 1.82) is 0 Å². The van der Waals surface area contributed by atoms with Crippen molar-refractivity contribution in [3.63, 3.8) is 0 Å². The number of thiophene rings is 1. The lowest BCUT2D eigenvalue weighted by atomic mass is 9.95. The maximum Gasteiger partial charge on any atom is 0.0448 e. The minimum absolute atomic E-state index is 0.355. The summed E-state index contributed by atoms with van der Waals surface area (Å²) < 4.78 is 1.20. The molecular formula is C18H22BrNS. The van der Waals surface area contributed by atoms with Crippen LogP contribution in [0.2, 0.25) is 0 Å². The first-order chi connectivity index (χ1) is 10.3. The highest BCUT2D eigenvalue weighted by atomic mass is 79.9. The first-order valence-electron chi connectivity index (χ1n) is 7.79. The summed E-state index contributed by atoms with van der Waals surface area (Å²) in [7, 11) is 0. The van der Waals surface area contributed by atoms with Crippen molar-refractivity contribution in [2.24, 2.45) is 5.92 Å². The molecule has 0 amide bonds. The molecule has 1 unspecified atom stereocenters. The van der Waals surface area contributed by atoms with Crippen LogP contribution in [0.5, 0.6) is 0 Å². The summed E-state index contributed by atoms with van der Waals surface area (Å²) in [6.45, 7) is 2.27. The van der Waals surface area contributed by atoms with Crippen molar-refractivity contribution in [2.45, 2.75) is 44.7 Å². The summed E-state index contributed by atoms with van der Waals surface area (Å²) in [6, 6.07) is 13.8. The number of nitrogens with one attached hydrogen (secondary N) is 1. The first-order valence-corrected chi connectivity index (χ1v) is 9.47. The van der Waals surface area contributed by atoms with Gasteiger partial charge in [0.25, 0.3) is 0 Å². The number of rotatable bonds is 5. The molecule has 3 heteroatoms. The molecule has 1 aromatic carbocycles. The zero-order chi connectivity index (χ0) is 14.7. The second kappa shape index (κ2) is 7.08. The lowest BCUT2D eigenvalue weighted by Crippen LogP contribution is -2.29. The van der Waals surface area contributed by atoms with Gasteiger partial charge in [-0.25, -0.2) is 0 Å². The van der Waals surface area contributed by atoms with E-state index in [4.69, 9.17) is 0 Å². The molecule has 1 nitrogen and oxygen atoms in total. The molecule has 2 atom stereocenters. The number of hydrogen-bond acceptors (Lipinski definition) is 2. The van der Waals surface area contributed by atoms with E-state index < -0.39 is 0 Å². The fraction of sp³-hybridized carbons (Fsp3) is 0.444. The highest BCUT2D eigenvalue weighted by Gasteiger charge is 2.28. The lowest BCUT2D eigenvalue weighted by Gasteiger charge is -2.28. The average molecular weight is 364 g/mol. The van der Waals surface area contributed by atoms with E-state index in [9.17, 15) is 0 Å². The molecule has 1 N–H and O–H groups in total. The smallest absolute Gasteiger partial charge is 0.0448 e. The summed E-state index contributed by atoms with van der Waals surface area (Å²) in [5.74, 6) is 0.786. The van der Waals surface area contributed by atoms with Gasteiger partial charge in [0.2, 0.25) is 0 Å². The van der Waals surface area contributed by atoms with Gasteiger partial charge in [-0.05, 0) is 48.8 Å². The van der Waals surface area contributed by atoms with Gasteiger partial charge in [-0.3, -0.25) is 0 Å². The molecule has 1 saturated carbocycles. The summed E-state index contributed by atoms with van der Waals surface area (Å²) >= 11 is 5.57. The Labute approximate surface area is 139 Å². The van der Waals surface area contributed by atoms with E-state index in [-0.39, 0.29) is 0 Å². The summed E-state index contributed by atoms with van der Waals surface area (Å²) in [5.41, 5.74) is 1.34. The van der Waals surface area contributed by atoms with E-state index in [1.165, 1.54) is 40.6 Å². The van der Waals surface area contributed by atoms with Crippen LogP contribution in [0.25, 0.3) is 0 Å². The normalized spacial score (nSPS) is 18.8. The van der Waals surface area contributed by atoms with Crippen molar-refractivity contribution in [1.82, 2.24) is 5.32 Å². The molecule has 0 aliphatic heterocycles. The second-order valence-corrected chi connectivity index (χ2v) is 7.78. The molecule has 112 valence electrons. The van der Waals surface area contributed by atoms with Crippen LogP contribution in [0.4, 0.5) is 0 Å². The van der Waals surface area contributed by atoms with Crippen LogP contribution >= 0.6 is 27.3 Å². The molecular weight excluding hydrogens is 342 g/mol. The minimum Gasteiger partial charge on any atom is -0.302 e. The zero-order valence-electron chi connectivity index (χ0n) is 12.4. The molecule has 0 bridgehead atoms. The van der Waals surface area contributed by atoms with Crippen LogP contribution < -0.4 is 5.32 Å². The van der Waals surface area contributed by atoms with Gasteiger partial charge in [-0.2, -0.15) is 0 Å². The Kier molecular flexibility index (Phi) is 5.15. The molecule has 1 aliphatic carbocycles. The second-order valence-electron chi connectivity index (χ2n) is 5.95. The quantitative estimate of drug-likeness (QED) is 0.677. The third-order valence-electron chi connectivity index (χ3n) is 4.52. The maximum atomic E-state index is 3.90. The van der Waals surface area contributed by atoms with Gasteiger partial charge < -0.3 is 5.32 Å². The van der Waals surface area contributed by atoms with Crippen molar-refractivity contribution in [3.8, 4) is 0 Å². The molecule has 1 aliphatic rings. The van der Waals surface area contributed by atoms with Crippen LogP contribution in [0.15, 0.2) is 46.3 Å². The topological polar surface area (TPSA) is 12.0 Å². The molecule has 3 rings (SSSR count). The number of benzene rings is 1. The van der Waals surface area contributed by atoms with Crippen LogP contribution in [0.1, 0.15) is 55.1 Å². The number of hydrogen-bond donors (Lipinski definition) is 1. The van der Waals surface area contributed by atoms with Gasteiger partial charge in [0.05, 0.1) is 0 Å². The largest absolute Gasteiger partial charge is 0.302 e. The third-order valence-corrected chi connectivity index (χ3v) is 6.20. The van der Waals surface area contributed by atoms with Gasteiger partial charge in [-0.1, -0.05) is 53.0 Å².